The van der Waals surface area contributed by atoms with Gasteiger partial charge in [0, 0.05) is 24.8 Å². The van der Waals surface area contributed by atoms with Gasteiger partial charge in [0.1, 0.15) is 5.82 Å². The summed E-state index contributed by atoms with van der Waals surface area (Å²) in [6.07, 6.45) is 0. The van der Waals surface area contributed by atoms with Crippen LogP contribution in [0.4, 0.5) is 10.2 Å². The number of nitrogens with zero attached hydrogens (tertiary/aromatic N) is 3. The molecule has 4 nitrogen and oxygen atoms in total. The van der Waals surface area contributed by atoms with Gasteiger partial charge in [0.05, 0.1) is 5.69 Å². The first-order valence-corrected chi connectivity index (χ1v) is 5.43. The predicted octanol–water partition coefficient (Wildman–Crippen LogP) is 2.18. The molecule has 2 aromatic rings. The third kappa shape index (κ3) is 2.43. The van der Waals surface area contributed by atoms with Crippen LogP contribution in [0.25, 0.3) is 0 Å². The van der Waals surface area contributed by atoms with Crippen molar-refractivity contribution in [1.29, 1.82) is 0 Å². The van der Waals surface area contributed by atoms with Gasteiger partial charge in [-0.1, -0.05) is 6.07 Å². The van der Waals surface area contributed by atoms with E-state index >= 15 is 0 Å². The van der Waals surface area contributed by atoms with E-state index in [1.54, 1.807) is 12.1 Å². The van der Waals surface area contributed by atoms with Crippen LogP contribution < -0.4 is 5.32 Å². The van der Waals surface area contributed by atoms with Gasteiger partial charge in [-0.2, -0.15) is 9.49 Å². The first kappa shape index (κ1) is 11.6. The fraction of sp³-hybridized carbons (Fsp3) is 0.333. The van der Waals surface area contributed by atoms with Crippen molar-refractivity contribution in [3.63, 3.8) is 0 Å². The van der Waals surface area contributed by atoms with Crippen LogP contribution in [0.15, 0.2) is 18.2 Å². The van der Waals surface area contributed by atoms with Crippen LogP contribution in [0.2, 0.25) is 0 Å². The molecule has 0 spiro atoms. The van der Waals surface area contributed by atoms with Crippen LogP contribution in [0.5, 0.6) is 0 Å². The Morgan fingerprint density at radius 2 is 2.12 bits per heavy atom. The van der Waals surface area contributed by atoms with Gasteiger partial charge in [0.15, 0.2) is 0 Å². The molecule has 2 aromatic heterocycles. The maximum Gasteiger partial charge on any atom is 0.214 e. The fourth-order valence-corrected chi connectivity index (χ4v) is 1.76. The van der Waals surface area contributed by atoms with Crippen LogP contribution in [0.1, 0.15) is 17.0 Å². The zero-order chi connectivity index (χ0) is 12.4. The van der Waals surface area contributed by atoms with Crippen molar-refractivity contribution in [3.05, 3.63) is 41.1 Å². The normalized spacial score (nSPS) is 10.6. The van der Waals surface area contributed by atoms with E-state index in [1.807, 2.05) is 25.6 Å². The van der Waals surface area contributed by atoms with Crippen molar-refractivity contribution in [2.24, 2.45) is 7.05 Å². The smallest absolute Gasteiger partial charge is 0.214 e. The van der Waals surface area contributed by atoms with Gasteiger partial charge in [-0.05, 0) is 26.0 Å². The van der Waals surface area contributed by atoms with E-state index in [9.17, 15) is 4.39 Å². The Balaban J connectivity index is 2.12. The van der Waals surface area contributed by atoms with E-state index in [4.69, 9.17) is 0 Å². The zero-order valence-electron chi connectivity index (χ0n) is 10.2. The zero-order valence-corrected chi connectivity index (χ0v) is 10.2. The number of rotatable bonds is 3. The average Bonchev–Trinajstić information content (AvgIpc) is 2.51. The summed E-state index contributed by atoms with van der Waals surface area (Å²) >= 11 is 0. The van der Waals surface area contributed by atoms with E-state index in [1.165, 1.54) is 6.07 Å². The minimum atomic E-state index is -0.477. The van der Waals surface area contributed by atoms with Crippen LogP contribution >= 0.6 is 0 Å². The molecular formula is C12H15FN4. The lowest BCUT2D eigenvalue weighted by Gasteiger charge is -2.05. The highest BCUT2D eigenvalue weighted by atomic mass is 19.1. The standard InChI is InChI=1S/C12H15FN4/c1-8-10(9(2)17(3)16-8)7-14-12-6-4-5-11(13)15-12/h4-6H,7H2,1-3H3,(H,14,15). The minimum absolute atomic E-state index is 0.477. The molecule has 5 heteroatoms. The highest BCUT2D eigenvalue weighted by Gasteiger charge is 2.08. The second-order valence-corrected chi connectivity index (χ2v) is 3.97. The maximum atomic E-state index is 12.9. The van der Waals surface area contributed by atoms with Gasteiger partial charge in [0.25, 0.3) is 0 Å². The maximum absolute atomic E-state index is 12.9. The van der Waals surface area contributed by atoms with E-state index in [-0.39, 0.29) is 0 Å². The molecule has 0 saturated carbocycles. The lowest BCUT2D eigenvalue weighted by atomic mass is 10.2. The molecule has 1 N–H and O–H groups in total. The largest absolute Gasteiger partial charge is 0.366 e. The highest BCUT2D eigenvalue weighted by molar-refractivity contribution is 5.36. The molecule has 0 amide bonds. The number of aryl methyl sites for hydroxylation is 2. The van der Waals surface area contributed by atoms with Crippen molar-refractivity contribution < 1.29 is 4.39 Å². The first-order valence-electron chi connectivity index (χ1n) is 5.43. The van der Waals surface area contributed by atoms with Gasteiger partial charge in [-0.15, -0.1) is 0 Å². The number of halogens is 1. The summed E-state index contributed by atoms with van der Waals surface area (Å²) in [5.74, 6) is 0.0577. The molecule has 0 unspecified atom stereocenters. The molecule has 0 bridgehead atoms. The minimum Gasteiger partial charge on any atom is -0.366 e. The number of anilines is 1. The summed E-state index contributed by atoms with van der Waals surface area (Å²) in [6, 6.07) is 4.70. The molecule has 0 aliphatic carbocycles. The molecule has 0 fully saturated rings. The topological polar surface area (TPSA) is 42.7 Å². The summed E-state index contributed by atoms with van der Waals surface area (Å²) in [6.45, 7) is 4.57. The molecule has 2 heterocycles. The summed E-state index contributed by atoms with van der Waals surface area (Å²) in [4.78, 5) is 3.75. The van der Waals surface area contributed by atoms with Crippen molar-refractivity contribution in [3.8, 4) is 0 Å². The van der Waals surface area contributed by atoms with Crippen LogP contribution in [-0.4, -0.2) is 14.8 Å². The van der Waals surface area contributed by atoms with Crippen molar-refractivity contribution in [1.82, 2.24) is 14.8 Å². The number of nitrogens with one attached hydrogen (secondary N) is 1. The quantitative estimate of drug-likeness (QED) is 0.828. The molecule has 17 heavy (non-hydrogen) atoms. The third-order valence-corrected chi connectivity index (χ3v) is 2.82. The van der Waals surface area contributed by atoms with E-state index < -0.39 is 5.95 Å². The third-order valence-electron chi connectivity index (χ3n) is 2.82. The Kier molecular flexibility index (Phi) is 3.08. The number of hydrogen-bond donors (Lipinski definition) is 1. The van der Waals surface area contributed by atoms with Crippen LogP contribution in [-0.2, 0) is 13.6 Å². The SMILES string of the molecule is Cc1nn(C)c(C)c1CNc1cccc(F)n1. The Labute approximate surface area is 99.5 Å². The van der Waals surface area contributed by atoms with E-state index in [0.29, 0.717) is 12.4 Å². The molecule has 0 aliphatic heterocycles. The van der Waals surface area contributed by atoms with Crippen LogP contribution in [0, 0.1) is 19.8 Å². The number of aromatic nitrogens is 3. The molecule has 0 aromatic carbocycles. The Morgan fingerprint density at radius 3 is 2.71 bits per heavy atom. The molecule has 0 atom stereocenters. The lowest BCUT2D eigenvalue weighted by molar-refractivity contribution is 0.585. The first-order chi connectivity index (χ1) is 8.08. The summed E-state index contributed by atoms with van der Waals surface area (Å²) < 4.78 is 14.7. The van der Waals surface area contributed by atoms with Crippen molar-refractivity contribution in [2.75, 3.05) is 5.32 Å². The number of pyridine rings is 1. The second-order valence-electron chi connectivity index (χ2n) is 3.97. The monoisotopic (exact) mass is 234 g/mol. The van der Waals surface area contributed by atoms with Gasteiger partial charge >= 0.3 is 0 Å². The van der Waals surface area contributed by atoms with Crippen molar-refractivity contribution in [2.45, 2.75) is 20.4 Å². The van der Waals surface area contributed by atoms with Gasteiger partial charge in [-0.3, -0.25) is 4.68 Å². The Hall–Kier alpha value is -1.91. The molecule has 0 radical (unpaired) electrons. The average molecular weight is 234 g/mol. The molecule has 0 aliphatic rings. The highest BCUT2D eigenvalue weighted by Crippen LogP contribution is 2.14. The summed E-state index contributed by atoms with van der Waals surface area (Å²) in [5.41, 5.74) is 3.21. The number of hydrogen-bond acceptors (Lipinski definition) is 3. The summed E-state index contributed by atoms with van der Waals surface area (Å²) in [7, 11) is 1.91. The predicted molar refractivity (Wildman–Crippen MR) is 64.2 cm³/mol. The van der Waals surface area contributed by atoms with E-state index in [0.717, 1.165) is 17.0 Å². The fourth-order valence-electron chi connectivity index (χ4n) is 1.76. The second kappa shape index (κ2) is 4.53. The van der Waals surface area contributed by atoms with E-state index in [2.05, 4.69) is 15.4 Å². The Morgan fingerprint density at radius 1 is 1.35 bits per heavy atom. The van der Waals surface area contributed by atoms with Gasteiger partial charge in [0.2, 0.25) is 5.95 Å². The van der Waals surface area contributed by atoms with Gasteiger partial charge < -0.3 is 5.32 Å². The van der Waals surface area contributed by atoms with Gasteiger partial charge in [-0.25, -0.2) is 4.98 Å². The van der Waals surface area contributed by atoms with Crippen molar-refractivity contribution >= 4 is 5.82 Å². The Bertz CT molecular complexity index is 533. The van der Waals surface area contributed by atoms with Crippen LogP contribution in [0.3, 0.4) is 0 Å². The summed E-state index contributed by atoms with van der Waals surface area (Å²) in [5, 5.41) is 7.41. The molecule has 90 valence electrons. The molecular weight excluding hydrogens is 219 g/mol. The molecule has 2 rings (SSSR count). The lowest BCUT2D eigenvalue weighted by Crippen LogP contribution is -2.04. The molecule has 0 saturated heterocycles.